The molecular formula is C12H16N2O2S2. The van der Waals surface area contributed by atoms with Gasteiger partial charge in [0.1, 0.15) is 4.99 Å². The van der Waals surface area contributed by atoms with Crippen LogP contribution in [0.3, 0.4) is 0 Å². The van der Waals surface area contributed by atoms with E-state index in [2.05, 4.69) is 4.72 Å². The number of benzene rings is 1. The van der Waals surface area contributed by atoms with Gasteiger partial charge in [0.15, 0.2) is 0 Å². The van der Waals surface area contributed by atoms with E-state index in [0.717, 1.165) is 6.42 Å². The molecule has 1 fully saturated rings. The van der Waals surface area contributed by atoms with Crippen LogP contribution in [0.5, 0.6) is 0 Å². The van der Waals surface area contributed by atoms with Gasteiger partial charge < -0.3 is 5.73 Å². The van der Waals surface area contributed by atoms with Gasteiger partial charge in [-0.2, -0.15) is 0 Å². The summed E-state index contributed by atoms with van der Waals surface area (Å²) in [5, 5.41) is 0. The van der Waals surface area contributed by atoms with Crippen molar-refractivity contribution in [3.63, 3.8) is 0 Å². The zero-order valence-corrected chi connectivity index (χ0v) is 11.9. The fourth-order valence-electron chi connectivity index (χ4n) is 1.85. The lowest BCUT2D eigenvalue weighted by molar-refractivity contribution is 0.577. The van der Waals surface area contributed by atoms with E-state index < -0.39 is 10.0 Å². The maximum absolute atomic E-state index is 12.2. The molecule has 4 nitrogen and oxygen atoms in total. The van der Waals surface area contributed by atoms with E-state index in [9.17, 15) is 8.42 Å². The van der Waals surface area contributed by atoms with Gasteiger partial charge in [0.05, 0.1) is 4.90 Å². The number of sulfonamides is 1. The smallest absolute Gasteiger partial charge is 0.241 e. The van der Waals surface area contributed by atoms with Gasteiger partial charge in [-0.05, 0) is 37.0 Å². The zero-order chi connectivity index (χ0) is 13.5. The van der Waals surface area contributed by atoms with Crippen LogP contribution >= 0.6 is 12.2 Å². The highest BCUT2D eigenvalue weighted by Gasteiger charge is 2.36. The lowest BCUT2D eigenvalue weighted by atomic mass is 10.1. The molecule has 1 aliphatic rings. The van der Waals surface area contributed by atoms with Gasteiger partial charge in [-0.1, -0.05) is 25.2 Å². The Morgan fingerprint density at radius 1 is 1.50 bits per heavy atom. The second kappa shape index (κ2) is 4.60. The van der Waals surface area contributed by atoms with Crippen LogP contribution in [0.1, 0.15) is 24.5 Å². The first kappa shape index (κ1) is 13.5. The summed E-state index contributed by atoms with van der Waals surface area (Å²) < 4.78 is 27.0. The second-order valence-electron chi connectivity index (χ2n) is 4.79. The lowest BCUT2D eigenvalue weighted by Gasteiger charge is -2.10. The van der Waals surface area contributed by atoms with Gasteiger partial charge in [-0.15, -0.1) is 0 Å². The van der Waals surface area contributed by atoms with Gasteiger partial charge >= 0.3 is 0 Å². The maximum Gasteiger partial charge on any atom is 0.241 e. The molecule has 0 saturated heterocycles. The molecule has 2 rings (SSSR count). The molecule has 6 heteroatoms. The Labute approximate surface area is 113 Å². The quantitative estimate of drug-likeness (QED) is 0.818. The topological polar surface area (TPSA) is 72.2 Å². The molecule has 0 radical (unpaired) electrons. The molecular weight excluding hydrogens is 268 g/mol. The Bertz CT molecular complexity index is 596. The van der Waals surface area contributed by atoms with Crippen LogP contribution in [-0.2, 0) is 10.0 Å². The highest BCUT2D eigenvalue weighted by molar-refractivity contribution is 7.89. The average Bonchev–Trinajstić information content (AvgIpc) is 2.92. The number of aryl methyl sites for hydroxylation is 1. The van der Waals surface area contributed by atoms with Crippen molar-refractivity contribution < 1.29 is 8.42 Å². The van der Waals surface area contributed by atoms with Crippen LogP contribution in [0, 0.1) is 12.8 Å². The van der Waals surface area contributed by atoms with E-state index in [0.29, 0.717) is 21.9 Å². The van der Waals surface area contributed by atoms with Crippen LogP contribution in [-0.4, -0.2) is 19.4 Å². The monoisotopic (exact) mass is 284 g/mol. The number of rotatable bonds is 4. The van der Waals surface area contributed by atoms with Crippen LogP contribution in [0.15, 0.2) is 23.1 Å². The fraction of sp³-hybridized carbons (Fsp3) is 0.417. The van der Waals surface area contributed by atoms with Gasteiger partial charge in [0.25, 0.3) is 0 Å². The first-order chi connectivity index (χ1) is 8.31. The SMILES string of the molecule is Cc1cc(C(N)=S)ccc1S(=O)(=O)NC1CC1C. The normalized spacial score (nSPS) is 22.8. The van der Waals surface area contributed by atoms with Crippen LogP contribution in [0.2, 0.25) is 0 Å². The molecule has 2 unspecified atom stereocenters. The van der Waals surface area contributed by atoms with E-state index in [1.54, 1.807) is 25.1 Å². The predicted octanol–water partition coefficient (Wildman–Crippen LogP) is 1.32. The Balaban J connectivity index is 2.30. The largest absolute Gasteiger partial charge is 0.389 e. The van der Waals surface area contributed by atoms with E-state index in [1.807, 2.05) is 6.92 Å². The number of thiocarbonyl (C=S) groups is 1. The number of hydrogen-bond donors (Lipinski definition) is 2. The zero-order valence-electron chi connectivity index (χ0n) is 10.3. The average molecular weight is 284 g/mol. The van der Waals surface area contributed by atoms with Gasteiger partial charge in [-0.3, -0.25) is 0 Å². The van der Waals surface area contributed by atoms with Crippen LogP contribution in [0.25, 0.3) is 0 Å². The van der Waals surface area contributed by atoms with Crippen molar-refractivity contribution in [1.29, 1.82) is 0 Å². The van der Waals surface area contributed by atoms with Crippen molar-refractivity contribution in [1.82, 2.24) is 4.72 Å². The minimum absolute atomic E-state index is 0.0738. The predicted molar refractivity (Wildman–Crippen MR) is 75.0 cm³/mol. The molecule has 0 bridgehead atoms. The van der Waals surface area contributed by atoms with Crippen molar-refractivity contribution in [2.75, 3.05) is 0 Å². The molecule has 0 aromatic heterocycles. The highest BCUT2D eigenvalue weighted by Crippen LogP contribution is 2.31. The van der Waals surface area contributed by atoms with E-state index in [1.165, 1.54) is 0 Å². The molecule has 18 heavy (non-hydrogen) atoms. The van der Waals surface area contributed by atoms with Gasteiger partial charge in [-0.25, -0.2) is 13.1 Å². The Hall–Kier alpha value is -0.980. The van der Waals surface area contributed by atoms with Crippen molar-refractivity contribution in [3.05, 3.63) is 29.3 Å². The molecule has 1 aliphatic carbocycles. The minimum Gasteiger partial charge on any atom is -0.389 e. The first-order valence-corrected chi connectivity index (χ1v) is 7.63. The molecule has 1 saturated carbocycles. The number of nitrogens with two attached hydrogens (primary N) is 1. The molecule has 2 atom stereocenters. The summed E-state index contributed by atoms with van der Waals surface area (Å²) in [6.45, 7) is 3.77. The Kier molecular flexibility index (Phi) is 3.44. The van der Waals surface area contributed by atoms with E-state index in [4.69, 9.17) is 18.0 Å². The maximum atomic E-state index is 12.2. The van der Waals surface area contributed by atoms with Crippen LogP contribution in [0.4, 0.5) is 0 Å². The number of hydrogen-bond acceptors (Lipinski definition) is 3. The molecule has 1 aromatic carbocycles. The summed E-state index contributed by atoms with van der Waals surface area (Å²) in [6, 6.07) is 4.97. The third-order valence-corrected chi connectivity index (χ3v) is 5.05. The van der Waals surface area contributed by atoms with E-state index in [-0.39, 0.29) is 11.0 Å². The van der Waals surface area contributed by atoms with Crippen molar-refractivity contribution in [2.45, 2.75) is 31.2 Å². The first-order valence-electron chi connectivity index (χ1n) is 5.74. The standard InChI is InChI=1S/C12H16N2O2S2/c1-7-6-10(7)14-18(15,16)11-4-3-9(12(13)17)5-8(11)2/h3-5,7,10,14H,6H2,1-2H3,(H2,13,17). The van der Waals surface area contributed by atoms with Gasteiger partial charge in [0, 0.05) is 11.6 Å². The summed E-state index contributed by atoms with van der Waals surface area (Å²) in [4.78, 5) is 0.562. The minimum atomic E-state index is -3.44. The molecule has 98 valence electrons. The second-order valence-corrected chi connectivity index (χ2v) is 6.91. The summed E-state index contributed by atoms with van der Waals surface area (Å²) in [5.74, 6) is 0.427. The molecule has 0 spiro atoms. The molecule has 0 aliphatic heterocycles. The van der Waals surface area contributed by atoms with E-state index >= 15 is 0 Å². The molecule has 0 amide bonds. The third kappa shape index (κ3) is 2.71. The van der Waals surface area contributed by atoms with Crippen molar-refractivity contribution >= 4 is 27.2 Å². The van der Waals surface area contributed by atoms with Gasteiger partial charge in [0.2, 0.25) is 10.0 Å². The Morgan fingerprint density at radius 2 is 2.11 bits per heavy atom. The van der Waals surface area contributed by atoms with Crippen LogP contribution < -0.4 is 10.5 Å². The fourth-order valence-corrected chi connectivity index (χ4v) is 3.56. The molecule has 3 N–H and O–H groups in total. The highest BCUT2D eigenvalue weighted by atomic mass is 32.2. The Morgan fingerprint density at radius 3 is 2.56 bits per heavy atom. The van der Waals surface area contributed by atoms with Crippen molar-refractivity contribution in [3.8, 4) is 0 Å². The van der Waals surface area contributed by atoms with Crippen molar-refractivity contribution in [2.24, 2.45) is 11.7 Å². The molecule has 0 heterocycles. The lowest BCUT2D eigenvalue weighted by Crippen LogP contribution is -2.27. The molecule has 1 aromatic rings. The summed E-state index contributed by atoms with van der Waals surface area (Å²) in [6.07, 6.45) is 0.906. The summed E-state index contributed by atoms with van der Waals surface area (Å²) in [5.41, 5.74) is 6.85. The third-order valence-electron chi connectivity index (χ3n) is 3.16. The summed E-state index contributed by atoms with van der Waals surface area (Å²) in [7, 11) is -3.44. The summed E-state index contributed by atoms with van der Waals surface area (Å²) >= 11 is 4.87. The number of nitrogens with one attached hydrogen (secondary N) is 1.